The van der Waals surface area contributed by atoms with Crippen molar-refractivity contribution in [2.75, 3.05) is 0 Å². The number of benzene rings is 1. The van der Waals surface area contributed by atoms with Crippen LogP contribution in [0.15, 0.2) is 36.7 Å². The predicted octanol–water partition coefficient (Wildman–Crippen LogP) is 2.17. The van der Waals surface area contributed by atoms with Crippen LogP contribution in [0.2, 0.25) is 5.02 Å². The Bertz CT molecular complexity index is 487. The second kappa shape index (κ2) is 5.61. The zero-order chi connectivity index (χ0) is 12.1. The lowest BCUT2D eigenvalue weighted by atomic mass is 10.2. The van der Waals surface area contributed by atoms with E-state index in [9.17, 15) is 0 Å². The van der Waals surface area contributed by atoms with E-state index in [1.807, 2.05) is 24.3 Å². The van der Waals surface area contributed by atoms with Gasteiger partial charge in [0.15, 0.2) is 0 Å². The van der Waals surface area contributed by atoms with E-state index in [-0.39, 0.29) is 0 Å². The maximum absolute atomic E-state index is 5.87. The molecular formula is C12H12ClN3O. The average Bonchev–Trinajstić information content (AvgIpc) is 2.37. The molecule has 2 aromatic rings. The van der Waals surface area contributed by atoms with Crippen LogP contribution in [-0.4, -0.2) is 9.97 Å². The van der Waals surface area contributed by atoms with Gasteiger partial charge in [-0.25, -0.2) is 4.98 Å². The van der Waals surface area contributed by atoms with E-state index in [4.69, 9.17) is 22.1 Å². The number of hydrogen-bond donors (Lipinski definition) is 1. The molecule has 4 nitrogen and oxygen atoms in total. The first-order chi connectivity index (χ1) is 8.28. The molecule has 1 aromatic heterocycles. The maximum atomic E-state index is 5.87. The van der Waals surface area contributed by atoms with E-state index in [0.29, 0.717) is 24.1 Å². The fraction of sp³-hybridized carbons (Fsp3) is 0.167. The lowest BCUT2D eigenvalue weighted by molar-refractivity contribution is 0.292. The van der Waals surface area contributed by atoms with Crippen molar-refractivity contribution >= 4 is 11.6 Å². The minimum atomic E-state index is 0.377. The van der Waals surface area contributed by atoms with Gasteiger partial charge < -0.3 is 10.5 Å². The summed E-state index contributed by atoms with van der Waals surface area (Å²) in [6, 6.07) is 7.49. The SMILES string of the molecule is NCc1cnc(OCc2cccc(Cl)c2)cn1. The second-order valence-corrected chi connectivity index (χ2v) is 3.91. The first-order valence-corrected chi connectivity index (χ1v) is 5.54. The summed E-state index contributed by atoms with van der Waals surface area (Å²) in [5, 5.41) is 0.690. The molecule has 0 spiro atoms. The number of nitrogens with zero attached hydrogens (tertiary/aromatic N) is 2. The fourth-order valence-corrected chi connectivity index (χ4v) is 1.52. The summed E-state index contributed by atoms with van der Waals surface area (Å²) in [5.41, 5.74) is 7.15. The van der Waals surface area contributed by atoms with Gasteiger partial charge in [0, 0.05) is 11.6 Å². The third-order valence-electron chi connectivity index (χ3n) is 2.17. The van der Waals surface area contributed by atoms with Gasteiger partial charge in [-0.2, -0.15) is 0 Å². The van der Waals surface area contributed by atoms with Crippen molar-refractivity contribution in [2.45, 2.75) is 13.2 Å². The number of ether oxygens (including phenoxy) is 1. The molecule has 2 N–H and O–H groups in total. The van der Waals surface area contributed by atoms with E-state index in [1.165, 1.54) is 0 Å². The summed E-state index contributed by atoms with van der Waals surface area (Å²) in [5.74, 6) is 0.474. The Morgan fingerprint density at radius 2 is 2.12 bits per heavy atom. The molecule has 0 atom stereocenters. The molecule has 0 aliphatic rings. The minimum Gasteiger partial charge on any atom is -0.472 e. The number of hydrogen-bond acceptors (Lipinski definition) is 4. The number of aromatic nitrogens is 2. The first kappa shape index (κ1) is 11.8. The van der Waals surface area contributed by atoms with E-state index < -0.39 is 0 Å². The van der Waals surface area contributed by atoms with Crippen LogP contribution < -0.4 is 10.5 Å². The largest absolute Gasteiger partial charge is 0.472 e. The molecule has 0 saturated carbocycles. The van der Waals surface area contributed by atoms with Gasteiger partial charge in [-0.05, 0) is 17.7 Å². The minimum absolute atomic E-state index is 0.377. The molecule has 17 heavy (non-hydrogen) atoms. The van der Waals surface area contributed by atoms with Gasteiger partial charge in [-0.1, -0.05) is 23.7 Å². The lowest BCUT2D eigenvalue weighted by Gasteiger charge is -2.05. The fourth-order valence-electron chi connectivity index (χ4n) is 1.31. The topological polar surface area (TPSA) is 61.0 Å². The van der Waals surface area contributed by atoms with Crippen molar-refractivity contribution in [1.29, 1.82) is 0 Å². The van der Waals surface area contributed by atoms with Crippen LogP contribution in [0.5, 0.6) is 5.88 Å². The molecular weight excluding hydrogens is 238 g/mol. The van der Waals surface area contributed by atoms with Crippen molar-refractivity contribution in [3.63, 3.8) is 0 Å². The Morgan fingerprint density at radius 1 is 1.24 bits per heavy atom. The van der Waals surface area contributed by atoms with Gasteiger partial charge in [0.25, 0.3) is 0 Å². The molecule has 1 aromatic carbocycles. The highest BCUT2D eigenvalue weighted by Gasteiger charge is 1.99. The van der Waals surface area contributed by atoms with E-state index in [2.05, 4.69) is 9.97 Å². The Hall–Kier alpha value is -1.65. The van der Waals surface area contributed by atoms with Crippen LogP contribution >= 0.6 is 11.6 Å². The van der Waals surface area contributed by atoms with Gasteiger partial charge in [0.05, 0.1) is 18.1 Å². The zero-order valence-corrected chi connectivity index (χ0v) is 9.89. The summed E-state index contributed by atoms with van der Waals surface area (Å²) in [7, 11) is 0. The predicted molar refractivity (Wildman–Crippen MR) is 65.7 cm³/mol. The van der Waals surface area contributed by atoms with Gasteiger partial charge >= 0.3 is 0 Å². The van der Waals surface area contributed by atoms with Crippen molar-refractivity contribution in [2.24, 2.45) is 5.73 Å². The highest BCUT2D eigenvalue weighted by molar-refractivity contribution is 6.30. The van der Waals surface area contributed by atoms with Crippen molar-refractivity contribution < 1.29 is 4.74 Å². The van der Waals surface area contributed by atoms with E-state index >= 15 is 0 Å². The second-order valence-electron chi connectivity index (χ2n) is 3.47. The molecule has 5 heteroatoms. The van der Waals surface area contributed by atoms with Crippen LogP contribution in [0.25, 0.3) is 0 Å². The monoisotopic (exact) mass is 249 g/mol. The molecule has 0 unspecified atom stereocenters. The summed E-state index contributed by atoms with van der Waals surface area (Å²) >= 11 is 5.87. The van der Waals surface area contributed by atoms with Crippen LogP contribution in [0.3, 0.4) is 0 Å². The molecule has 2 rings (SSSR count). The molecule has 0 aliphatic heterocycles. The molecule has 0 amide bonds. The standard InChI is InChI=1S/C12H12ClN3O/c13-10-3-1-2-9(4-10)8-17-12-7-15-11(5-14)6-16-12/h1-4,6-7H,5,8,14H2. The van der Waals surface area contributed by atoms with Crippen LogP contribution in [0.4, 0.5) is 0 Å². The zero-order valence-electron chi connectivity index (χ0n) is 9.14. The van der Waals surface area contributed by atoms with Crippen molar-refractivity contribution in [3.8, 4) is 5.88 Å². The Morgan fingerprint density at radius 3 is 2.76 bits per heavy atom. The van der Waals surface area contributed by atoms with Gasteiger partial charge in [-0.15, -0.1) is 0 Å². The molecule has 0 bridgehead atoms. The Kier molecular flexibility index (Phi) is 3.90. The normalized spacial score (nSPS) is 10.2. The highest BCUT2D eigenvalue weighted by Crippen LogP contribution is 2.13. The van der Waals surface area contributed by atoms with E-state index in [1.54, 1.807) is 12.4 Å². The summed E-state index contributed by atoms with van der Waals surface area (Å²) in [6.07, 6.45) is 3.17. The molecule has 0 saturated heterocycles. The quantitative estimate of drug-likeness (QED) is 0.902. The third-order valence-corrected chi connectivity index (χ3v) is 2.40. The first-order valence-electron chi connectivity index (χ1n) is 5.16. The highest BCUT2D eigenvalue weighted by atomic mass is 35.5. The van der Waals surface area contributed by atoms with Gasteiger partial charge in [0.2, 0.25) is 5.88 Å². The summed E-state index contributed by atoms with van der Waals surface area (Å²) in [6.45, 7) is 0.790. The summed E-state index contributed by atoms with van der Waals surface area (Å²) in [4.78, 5) is 8.18. The summed E-state index contributed by atoms with van der Waals surface area (Å²) < 4.78 is 5.47. The molecule has 0 fully saturated rings. The molecule has 0 aliphatic carbocycles. The van der Waals surface area contributed by atoms with Crippen LogP contribution in [0.1, 0.15) is 11.3 Å². The lowest BCUT2D eigenvalue weighted by Crippen LogP contribution is -2.02. The molecule has 1 heterocycles. The smallest absolute Gasteiger partial charge is 0.232 e. The Labute approximate surface area is 104 Å². The van der Waals surface area contributed by atoms with Crippen molar-refractivity contribution in [1.82, 2.24) is 9.97 Å². The van der Waals surface area contributed by atoms with Crippen LogP contribution in [-0.2, 0) is 13.2 Å². The third kappa shape index (κ3) is 3.41. The Balaban J connectivity index is 1.97. The van der Waals surface area contributed by atoms with Crippen molar-refractivity contribution in [3.05, 3.63) is 52.9 Å². The molecule has 88 valence electrons. The maximum Gasteiger partial charge on any atom is 0.232 e. The number of halogens is 1. The van der Waals surface area contributed by atoms with E-state index in [0.717, 1.165) is 11.3 Å². The van der Waals surface area contributed by atoms with Gasteiger partial charge in [-0.3, -0.25) is 4.98 Å². The number of rotatable bonds is 4. The van der Waals surface area contributed by atoms with Crippen LogP contribution in [0, 0.1) is 0 Å². The number of nitrogens with two attached hydrogens (primary N) is 1. The molecule has 0 radical (unpaired) electrons. The van der Waals surface area contributed by atoms with Gasteiger partial charge in [0.1, 0.15) is 6.61 Å². The average molecular weight is 250 g/mol.